The summed E-state index contributed by atoms with van der Waals surface area (Å²) in [5.74, 6) is 2.39. The highest BCUT2D eigenvalue weighted by atomic mass is 16.5. The number of rotatable bonds is 6. The molecular weight excluding hydrogens is 226 g/mol. The topological polar surface area (TPSA) is 47.0 Å². The van der Waals surface area contributed by atoms with Gasteiger partial charge >= 0.3 is 0 Å². The summed E-state index contributed by atoms with van der Waals surface area (Å²) in [6.45, 7) is 11.4. The molecule has 18 heavy (non-hydrogen) atoms. The van der Waals surface area contributed by atoms with Gasteiger partial charge in [0, 0.05) is 25.4 Å². The van der Waals surface area contributed by atoms with Crippen molar-refractivity contribution in [3.05, 3.63) is 17.6 Å². The molecule has 0 amide bonds. The molecule has 0 saturated carbocycles. The number of methoxy groups -OCH3 is 1. The molecule has 0 saturated heterocycles. The van der Waals surface area contributed by atoms with E-state index in [1.165, 1.54) is 0 Å². The zero-order chi connectivity index (χ0) is 13.7. The van der Waals surface area contributed by atoms with E-state index in [9.17, 15) is 0 Å². The molecule has 0 aliphatic rings. The molecule has 1 atom stereocenters. The maximum Gasteiger partial charge on any atom is 0.159 e. The second kappa shape index (κ2) is 6.69. The lowest BCUT2D eigenvalue weighted by molar-refractivity contribution is 0.0573. The van der Waals surface area contributed by atoms with Crippen molar-refractivity contribution in [2.24, 2.45) is 5.92 Å². The molecule has 0 fully saturated rings. The Bertz CT molecular complexity index is 377. The van der Waals surface area contributed by atoms with Crippen molar-refractivity contribution >= 4 is 5.82 Å². The molecule has 0 radical (unpaired) electrons. The summed E-state index contributed by atoms with van der Waals surface area (Å²) in [5.41, 5.74) is 1.05. The Morgan fingerprint density at radius 2 is 1.89 bits per heavy atom. The molecule has 102 valence electrons. The van der Waals surface area contributed by atoms with Crippen LogP contribution >= 0.6 is 0 Å². The molecule has 0 bridgehead atoms. The molecule has 1 aromatic heterocycles. The van der Waals surface area contributed by atoms with Crippen molar-refractivity contribution in [2.45, 2.75) is 46.6 Å². The summed E-state index contributed by atoms with van der Waals surface area (Å²) in [7, 11) is 1.71. The van der Waals surface area contributed by atoms with E-state index in [2.05, 4.69) is 49.9 Å². The van der Waals surface area contributed by atoms with Crippen molar-refractivity contribution in [3.8, 4) is 0 Å². The van der Waals surface area contributed by atoms with Gasteiger partial charge in [-0.15, -0.1) is 0 Å². The first-order valence-electron chi connectivity index (χ1n) is 6.65. The Morgan fingerprint density at radius 1 is 1.22 bits per heavy atom. The predicted molar refractivity (Wildman–Crippen MR) is 74.9 cm³/mol. The Morgan fingerprint density at radius 3 is 2.33 bits per heavy atom. The first-order valence-corrected chi connectivity index (χ1v) is 6.65. The fourth-order valence-corrected chi connectivity index (χ4v) is 1.86. The molecule has 1 aromatic rings. The van der Waals surface area contributed by atoms with Crippen LogP contribution in [-0.4, -0.2) is 23.6 Å². The normalized spacial score (nSPS) is 13.1. The van der Waals surface area contributed by atoms with Crippen LogP contribution in [0.1, 0.15) is 58.2 Å². The van der Waals surface area contributed by atoms with Crippen LogP contribution in [0.2, 0.25) is 0 Å². The summed E-state index contributed by atoms with van der Waals surface area (Å²) < 4.78 is 5.51. The van der Waals surface area contributed by atoms with Gasteiger partial charge in [-0.05, 0) is 18.8 Å². The van der Waals surface area contributed by atoms with Gasteiger partial charge in [0.05, 0.1) is 0 Å². The van der Waals surface area contributed by atoms with E-state index in [-0.39, 0.29) is 6.10 Å². The monoisotopic (exact) mass is 251 g/mol. The quantitative estimate of drug-likeness (QED) is 0.842. The zero-order valence-electron chi connectivity index (χ0n) is 12.3. The molecule has 0 aliphatic carbocycles. The van der Waals surface area contributed by atoms with Gasteiger partial charge in [-0.3, -0.25) is 0 Å². The largest absolute Gasteiger partial charge is 0.373 e. The van der Waals surface area contributed by atoms with E-state index < -0.39 is 0 Å². The number of anilines is 1. The molecule has 1 N–H and O–H groups in total. The third kappa shape index (κ3) is 3.67. The van der Waals surface area contributed by atoms with Crippen molar-refractivity contribution in [1.29, 1.82) is 0 Å². The van der Waals surface area contributed by atoms with Crippen LogP contribution in [0, 0.1) is 5.92 Å². The lowest BCUT2D eigenvalue weighted by Crippen LogP contribution is -2.16. The van der Waals surface area contributed by atoms with E-state index in [4.69, 9.17) is 4.74 Å². The first kappa shape index (κ1) is 14.9. The second-order valence-corrected chi connectivity index (χ2v) is 5.12. The minimum Gasteiger partial charge on any atom is -0.373 e. The highest BCUT2D eigenvalue weighted by molar-refractivity contribution is 5.37. The van der Waals surface area contributed by atoms with E-state index in [1.54, 1.807) is 7.11 Å². The fourth-order valence-electron chi connectivity index (χ4n) is 1.86. The number of ether oxygens (including phenoxy) is 1. The minimum absolute atomic E-state index is 0.0545. The number of nitrogens with zero attached hydrogens (tertiary/aromatic N) is 2. The molecule has 1 unspecified atom stereocenters. The van der Waals surface area contributed by atoms with Gasteiger partial charge in [-0.25, -0.2) is 9.97 Å². The highest BCUT2D eigenvalue weighted by Gasteiger charge is 2.20. The average molecular weight is 251 g/mol. The van der Waals surface area contributed by atoms with Crippen molar-refractivity contribution in [3.63, 3.8) is 0 Å². The minimum atomic E-state index is -0.0545. The summed E-state index contributed by atoms with van der Waals surface area (Å²) in [4.78, 5) is 9.18. The standard InChI is InChI=1S/C14H25N3O/c1-7-15-12-8-11(9(2)3)16-14(17-12)13(18-6)10(4)5/h8-10,13H,7H2,1-6H3,(H,15,16,17). The van der Waals surface area contributed by atoms with Crippen LogP contribution in [0.4, 0.5) is 5.82 Å². The highest BCUT2D eigenvalue weighted by Crippen LogP contribution is 2.25. The van der Waals surface area contributed by atoms with E-state index >= 15 is 0 Å². The maximum atomic E-state index is 5.51. The molecule has 1 heterocycles. The maximum absolute atomic E-state index is 5.51. The van der Waals surface area contributed by atoms with Crippen LogP contribution in [0.5, 0.6) is 0 Å². The molecule has 0 aliphatic heterocycles. The number of aromatic nitrogens is 2. The lowest BCUT2D eigenvalue weighted by atomic mass is 10.1. The van der Waals surface area contributed by atoms with Crippen LogP contribution in [-0.2, 0) is 4.74 Å². The summed E-state index contributed by atoms with van der Waals surface area (Å²) in [5, 5.41) is 3.25. The van der Waals surface area contributed by atoms with Crippen LogP contribution in [0.3, 0.4) is 0 Å². The number of hydrogen-bond acceptors (Lipinski definition) is 4. The molecule has 4 heteroatoms. The van der Waals surface area contributed by atoms with Gasteiger partial charge in [-0.1, -0.05) is 27.7 Å². The summed E-state index contributed by atoms with van der Waals surface area (Å²) in [6.07, 6.45) is -0.0545. The Labute approximate surface area is 110 Å². The number of nitrogens with one attached hydrogen (secondary N) is 1. The van der Waals surface area contributed by atoms with Crippen molar-refractivity contribution in [2.75, 3.05) is 19.0 Å². The van der Waals surface area contributed by atoms with E-state index in [0.29, 0.717) is 11.8 Å². The third-order valence-electron chi connectivity index (χ3n) is 2.83. The Balaban J connectivity index is 3.16. The predicted octanol–water partition coefficient (Wildman–Crippen LogP) is 3.38. The van der Waals surface area contributed by atoms with Crippen LogP contribution in [0.15, 0.2) is 6.07 Å². The smallest absolute Gasteiger partial charge is 0.159 e. The molecule has 0 spiro atoms. The summed E-state index contributed by atoms with van der Waals surface area (Å²) in [6, 6.07) is 2.02. The van der Waals surface area contributed by atoms with Gasteiger partial charge < -0.3 is 10.1 Å². The van der Waals surface area contributed by atoms with Crippen molar-refractivity contribution < 1.29 is 4.74 Å². The lowest BCUT2D eigenvalue weighted by Gasteiger charge is -2.20. The van der Waals surface area contributed by atoms with Gasteiger partial charge in [0.25, 0.3) is 0 Å². The first-order chi connectivity index (χ1) is 8.49. The Kier molecular flexibility index (Phi) is 5.54. The van der Waals surface area contributed by atoms with E-state index in [1.807, 2.05) is 6.07 Å². The zero-order valence-corrected chi connectivity index (χ0v) is 12.3. The van der Waals surface area contributed by atoms with Gasteiger partial charge in [0.1, 0.15) is 11.9 Å². The third-order valence-corrected chi connectivity index (χ3v) is 2.83. The van der Waals surface area contributed by atoms with Crippen LogP contribution < -0.4 is 5.32 Å². The van der Waals surface area contributed by atoms with Crippen LogP contribution in [0.25, 0.3) is 0 Å². The van der Waals surface area contributed by atoms with Gasteiger partial charge in [0.2, 0.25) is 0 Å². The fraction of sp³-hybridized carbons (Fsp3) is 0.714. The summed E-state index contributed by atoms with van der Waals surface area (Å²) >= 11 is 0. The second-order valence-electron chi connectivity index (χ2n) is 5.12. The Hall–Kier alpha value is -1.16. The average Bonchev–Trinajstić information content (AvgIpc) is 2.29. The van der Waals surface area contributed by atoms with E-state index in [0.717, 1.165) is 23.9 Å². The molecular formula is C14H25N3O. The van der Waals surface area contributed by atoms with Crippen molar-refractivity contribution in [1.82, 2.24) is 9.97 Å². The number of hydrogen-bond donors (Lipinski definition) is 1. The van der Waals surface area contributed by atoms with Gasteiger partial charge in [-0.2, -0.15) is 0 Å². The SMILES string of the molecule is CCNc1cc(C(C)C)nc(C(OC)C(C)C)n1. The molecule has 4 nitrogen and oxygen atoms in total. The molecule has 0 aromatic carbocycles. The molecule has 1 rings (SSSR count). The van der Waals surface area contributed by atoms with Gasteiger partial charge in [0.15, 0.2) is 5.82 Å².